The van der Waals surface area contributed by atoms with Crippen molar-refractivity contribution in [1.82, 2.24) is 25.0 Å². The van der Waals surface area contributed by atoms with Crippen LogP contribution < -0.4 is 10.2 Å². The van der Waals surface area contributed by atoms with Gasteiger partial charge in [-0.3, -0.25) is 4.99 Å². The average Bonchev–Trinajstić information content (AvgIpc) is 2.97. The first kappa shape index (κ1) is 18.5. The summed E-state index contributed by atoms with van der Waals surface area (Å²) in [4.78, 5) is 9.09. The number of nitrogens with one attached hydrogen (secondary N) is 1. The molecule has 1 aromatic heterocycles. The molecule has 1 aliphatic heterocycles. The second kappa shape index (κ2) is 7.95. The monoisotopic (exact) mass is 375 g/mol. The zero-order valence-electron chi connectivity index (χ0n) is 15.8. The maximum Gasteiger partial charge on any atom is 0.194 e. The van der Waals surface area contributed by atoms with Gasteiger partial charge in [0.05, 0.1) is 6.54 Å². The van der Waals surface area contributed by atoms with Crippen LogP contribution >= 0.6 is 11.6 Å². The third-order valence-corrected chi connectivity index (χ3v) is 5.13. The largest absolute Gasteiger partial charge is 0.368 e. The Morgan fingerprint density at radius 1 is 1.19 bits per heavy atom. The van der Waals surface area contributed by atoms with Crippen LogP contribution in [0.5, 0.6) is 0 Å². The van der Waals surface area contributed by atoms with Crippen molar-refractivity contribution in [3.8, 4) is 0 Å². The minimum atomic E-state index is 0.609. The van der Waals surface area contributed by atoms with Crippen molar-refractivity contribution in [1.29, 1.82) is 0 Å². The second-order valence-corrected chi connectivity index (χ2v) is 6.96. The Kier molecular flexibility index (Phi) is 5.66. The Labute approximate surface area is 159 Å². The molecule has 0 saturated carbocycles. The fourth-order valence-corrected chi connectivity index (χ4v) is 3.34. The zero-order chi connectivity index (χ0) is 18.7. The van der Waals surface area contributed by atoms with Crippen LogP contribution in [0, 0.1) is 13.8 Å². The fraction of sp³-hybridized carbons (Fsp3) is 0.500. The molecule has 140 valence electrons. The van der Waals surface area contributed by atoms with Gasteiger partial charge in [-0.2, -0.15) is 0 Å². The number of halogens is 1. The van der Waals surface area contributed by atoms with Crippen LogP contribution in [0.25, 0.3) is 0 Å². The summed E-state index contributed by atoms with van der Waals surface area (Å²) in [6, 6.07) is 6.07. The number of benzene rings is 1. The number of anilines is 1. The van der Waals surface area contributed by atoms with E-state index in [0.717, 1.165) is 48.8 Å². The molecule has 1 N–H and O–H groups in total. The van der Waals surface area contributed by atoms with Crippen LogP contribution in [-0.2, 0) is 13.6 Å². The van der Waals surface area contributed by atoms with Crippen molar-refractivity contribution in [2.24, 2.45) is 12.0 Å². The summed E-state index contributed by atoms with van der Waals surface area (Å²) < 4.78 is 1.99. The van der Waals surface area contributed by atoms with Gasteiger partial charge in [-0.1, -0.05) is 17.7 Å². The van der Waals surface area contributed by atoms with Gasteiger partial charge in [0.15, 0.2) is 11.8 Å². The molecular formula is C18H26ClN7. The van der Waals surface area contributed by atoms with E-state index in [-0.39, 0.29) is 0 Å². The second-order valence-electron chi connectivity index (χ2n) is 6.53. The molecule has 0 aliphatic carbocycles. The summed E-state index contributed by atoms with van der Waals surface area (Å²) in [5.41, 5.74) is 2.47. The average molecular weight is 376 g/mol. The van der Waals surface area contributed by atoms with E-state index in [1.54, 1.807) is 0 Å². The van der Waals surface area contributed by atoms with Crippen LogP contribution in [0.4, 0.5) is 5.69 Å². The van der Waals surface area contributed by atoms with E-state index in [1.165, 1.54) is 11.3 Å². The molecule has 1 fully saturated rings. The van der Waals surface area contributed by atoms with Gasteiger partial charge in [-0.05, 0) is 31.5 Å². The molecule has 2 aromatic rings. The van der Waals surface area contributed by atoms with Crippen molar-refractivity contribution in [3.63, 3.8) is 0 Å². The quantitative estimate of drug-likeness (QED) is 0.656. The maximum atomic E-state index is 6.17. The Hall–Kier alpha value is -2.28. The summed E-state index contributed by atoms with van der Waals surface area (Å²) in [5.74, 6) is 2.70. The molecule has 1 aromatic carbocycles. The minimum Gasteiger partial charge on any atom is -0.368 e. The van der Waals surface area contributed by atoms with Gasteiger partial charge < -0.3 is 19.7 Å². The standard InChI is InChI=1S/C18H26ClN7/c1-13-5-6-15(19)11-16(13)25-7-9-26(10-8-25)18(20-3)21-12-17-23-22-14(2)24(17)4/h5-6,11H,7-10,12H2,1-4H3,(H,20,21). The van der Waals surface area contributed by atoms with E-state index in [9.17, 15) is 0 Å². The molecule has 0 radical (unpaired) electrons. The maximum absolute atomic E-state index is 6.17. The first-order valence-corrected chi connectivity index (χ1v) is 9.19. The molecule has 3 rings (SSSR count). The Morgan fingerprint density at radius 2 is 1.92 bits per heavy atom. The number of aromatic nitrogens is 3. The molecule has 0 unspecified atom stereocenters. The Morgan fingerprint density at radius 3 is 2.54 bits per heavy atom. The van der Waals surface area contributed by atoms with Crippen LogP contribution in [-0.4, -0.2) is 58.9 Å². The van der Waals surface area contributed by atoms with Gasteiger partial charge in [0.1, 0.15) is 5.82 Å². The third kappa shape index (κ3) is 3.93. The molecule has 0 spiro atoms. The van der Waals surface area contributed by atoms with Gasteiger partial charge in [0.2, 0.25) is 0 Å². The molecule has 8 heteroatoms. The van der Waals surface area contributed by atoms with Crippen LogP contribution in [0.2, 0.25) is 5.02 Å². The topological polar surface area (TPSA) is 61.6 Å². The van der Waals surface area contributed by atoms with Crippen LogP contribution in [0.15, 0.2) is 23.2 Å². The normalized spacial score (nSPS) is 15.5. The predicted octanol–water partition coefficient (Wildman–Crippen LogP) is 1.98. The van der Waals surface area contributed by atoms with Crippen molar-refractivity contribution in [3.05, 3.63) is 40.4 Å². The highest BCUT2D eigenvalue weighted by Crippen LogP contribution is 2.25. The van der Waals surface area contributed by atoms with Crippen molar-refractivity contribution < 1.29 is 0 Å². The van der Waals surface area contributed by atoms with E-state index in [4.69, 9.17) is 11.6 Å². The molecule has 1 aliphatic rings. The molecule has 7 nitrogen and oxygen atoms in total. The zero-order valence-corrected chi connectivity index (χ0v) is 16.6. The SMILES string of the molecule is CN=C(NCc1nnc(C)n1C)N1CCN(c2cc(Cl)ccc2C)CC1. The van der Waals surface area contributed by atoms with Gasteiger partial charge >= 0.3 is 0 Å². The highest BCUT2D eigenvalue weighted by atomic mass is 35.5. The lowest BCUT2D eigenvalue weighted by molar-refractivity contribution is 0.371. The molecular weight excluding hydrogens is 350 g/mol. The number of hydrogen-bond acceptors (Lipinski definition) is 4. The summed E-state index contributed by atoms with van der Waals surface area (Å²) in [6.07, 6.45) is 0. The molecule has 2 heterocycles. The Bertz CT molecular complexity index is 791. The number of guanidine groups is 1. The molecule has 0 amide bonds. The van der Waals surface area contributed by atoms with Crippen molar-refractivity contribution in [2.75, 3.05) is 38.1 Å². The first-order valence-electron chi connectivity index (χ1n) is 8.81. The Balaban J connectivity index is 1.59. The van der Waals surface area contributed by atoms with E-state index >= 15 is 0 Å². The number of aryl methyl sites for hydroxylation is 2. The van der Waals surface area contributed by atoms with Gasteiger partial charge in [-0.25, -0.2) is 0 Å². The van der Waals surface area contributed by atoms with Gasteiger partial charge in [-0.15, -0.1) is 10.2 Å². The lowest BCUT2D eigenvalue weighted by Crippen LogP contribution is -2.52. The van der Waals surface area contributed by atoms with Crippen LogP contribution in [0.3, 0.4) is 0 Å². The van der Waals surface area contributed by atoms with Crippen LogP contribution in [0.1, 0.15) is 17.2 Å². The van der Waals surface area contributed by atoms with Gasteiger partial charge in [0.25, 0.3) is 0 Å². The number of rotatable bonds is 3. The predicted molar refractivity (Wildman–Crippen MR) is 106 cm³/mol. The van der Waals surface area contributed by atoms with Crippen molar-refractivity contribution >= 4 is 23.2 Å². The van der Waals surface area contributed by atoms with E-state index in [1.807, 2.05) is 31.7 Å². The van der Waals surface area contributed by atoms with E-state index in [0.29, 0.717) is 6.54 Å². The number of nitrogens with zero attached hydrogens (tertiary/aromatic N) is 6. The van der Waals surface area contributed by atoms with Gasteiger partial charge in [0, 0.05) is 51.0 Å². The first-order chi connectivity index (χ1) is 12.5. The lowest BCUT2D eigenvalue weighted by atomic mass is 10.1. The summed E-state index contributed by atoms with van der Waals surface area (Å²) in [6.45, 7) is 8.37. The highest BCUT2D eigenvalue weighted by molar-refractivity contribution is 6.30. The molecule has 0 atom stereocenters. The fourth-order valence-electron chi connectivity index (χ4n) is 3.18. The summed E-state index contributed by atoms with van der Waals surface area (Å²) in [5, 5.41) is 12.5. The van der Waals surface area contributed by atoms with E-state index in [2.05, 4.69) is 49.4 Å². The number of aliphatic imine (C=N–C) groups is 1. The smallest absolute Gasteiger partial charge is 0.194 e. The summed E-state index contributed by atoms with van der Waals surface area (Å²) in [7, 11) is 3.79. The number of piperazine rings is 1. The van der Waals surface area contributed by atoms with Crippen molar-refractivity contribution in [2.45, 2.75) is 20.4 Å². The molecule has 1 saturated heterocycles. The number of hydrogen-bond donors (Lipinski definition) is 1. The highest BCUT2D eigenvalue weighted by Gasteiger charge is 2.21. The molecule has 0 bridgehead atoms. The third-order valence-electron chi connectivity index (χ3n) is 4.89. The lowest BCUT2D eigenvalue weighted by Gasteiger charge is -2.38. The summed E-state index contributed by atoms with van der Waals surface area (Å²) >= 11 is 6.17. The van der Waals surface area contributed by atoms with E-state index < -0.39 is 0 Å². The molecule has 26 heavy (non-hydrogen) atoms. The minimum absolute atomic E-state index is 0.609.